The Morgan fingerprint density at radius 1 is 0.936 bits per heavy atom. The highest BCUT2D eigenvalue weighted by molar-refractivity contribution is 6.37. The van der Waals surface area contributed by atoms with Gasteiger partial charge >= 0.3 is 12.1 Å². The maximum absolute atomic E-state index is 14.5. The van der Waals surface area contributed by atoms with E-state index in [1.54, 1.807) is 11.8 Å². The van der Waals surface area contributed by atoms with Gasteiger partial charge in [-0.3, -0.25) is 19.2 Å². The molecule has 1 saturated heterocycles. The molecule has 13 heteroatoms. The number of hydrogen-bond acceptors (Lipinski definition) is 7. The molecule has 264 valence electrons. The molecule has 3 saturated carbocycles. The van der Waals surface area contributed by atoms with Gasteiger partial charge in [-0.15, -0.1) is 0 Å². The monoisotopic (exact) mass is 660 g/mol. The number of ketones is 1. The predicted molar refractivity (Wildman–Crippen MR) is 175 cm³/mol. The molecule has 47 heavy (non-hydrogen) atoms. The molecule has 0 bridgehead atoms. The number of carbonyl (C=O) groups is 6. The molecule has 4 rings (SSSR count). The molecule has 4 aliphatic rings. The summed E-state index contributed by atoms with van der Waals surface area (Å²) in [6.07, 6.45) is 7.10. The van der Waals surface area contributed by atoms with Gasteiger partial charge in [0.05, 0.1) is 12.1 Å². The van der Waals surface area contributed by atoms with E-state index in [-0.39, 0.29) is 41.6 Å². The fourth-order valence-corrected chi connectivity index (χ4v) is 7.77. The van der Waals surface area contributed by atoms with Gasteiger partial charge in [-0.05, 0) is 60.7 Å². The maximum Gasteiger partial charge on any atom is 0.407 e. The number of nitrogens with zero attached hydrogens (tertiary/aromatic N) is 1. The van der Waals surface area contributed by atoms with E-state index < -0.39 is 59.3 Å². The van der Waals surface area contributed by atoms with Crippen LogP contribution in [0.1, 0.15) is 99.3 Å². The molecule has 4 fully saturated rings. The zero-order valence-electron chi connectivity index (χ0n) is 29.0. The smallest absolute Gasteiger partial charge is 0.407 e. The summed E-state index contributed by atoms with van der Waals surface area (Å²) in [7, 11) is 0. The maximum atomic E-state index is 14.5. The van der Waals surface area contributed by atoms with Crippen molar-refractivity contribution in [1.29, 1.82) is 0 Å². The van der Waals surface area contributed by atoms with Crippen molar-refractivity contribution in [1.82, 2.24) is 26.2 Å². The standard InChI is InChI=1S/C34H56N6O7/c1-7-36-32(46)47-18-23(33(2,3)4)38-31(45)39-25(20-14-9-8-10-15-20)30(44)40-17-21-24(34(21,5)6)26(40)29(43)37-22(27(41)28(35)42)16-19-12-11-13-19/h19-26H,7-18H2,1-6H3,(H2,35,42)(H,36,46)(H,37,43)(H2,38,39,45)/t21-,22?,23+,24-,25-,26-/m0/s1. The number of alkyl carbamates (subject to hydrolysis) is 1. The van der Waals surface area contributed by atoms with Crippen LogP contribution in [0.15, 0.2) is 0 Å². The number of carbonyl (C=O) groups excluding carboxylic acids is 6. The van der Waals surface area contributed by atoms with Gasteiger partial charge in [0.2, 0.25) is 17.6 Å². The van der Waals surface area contributed by atoms with E-state index in [0.29, 0.717) is 19.5 Å². The van der Waals surface area contributed by atoms with Crippen molar-refractivity contribution in [2.75, 3.05) is 19.7 Å². The molecule has 0 aromatic carbocycles. The van der Waals surface area contributed by atoms with Crippen molar-refractivity contribution < 1.29 is 33.5 Å². The quantitative estimate of drug-likeness (QED) is 0.188. The summed E-state index contributed by atoms with van der Waals surface area (Å²) in [5.41, 5.74) is 4.72. The van der Waals surface area contributed by atoms with E-state index in [9.17, 15) is 28.8 Å². The Labute approximate surface area is 278 Å². The highest BCUT2D eigenvalue weighted by Crippen LogP contribution is 2.65. The van der Waals surface area contributed by atoms with Gasteiger partial charge in [0, 0.05) is 13.1 Å². The van der Waals surface area contributed by atoms with Crippen LogP contribution in [0, 0.1) is 34.5 Å². The number of ether oxygens (including phenoxy) is 1. The van der Waals surface area contributed by atoms with Gasteiger partial charge in [-0.2, -0.15) is 0 Å². The molecular formula is C34H56N6O7. The van der Waals surface area contributed by atoms with E-state index in [2.05, 4.69) is 35.1 Å². The lowest BCUT2D eigenvalue weighted by Crippen LogP contribution is -2.61. The highest BCUT2D eigenvalue weighted by atomic mass is 16.5. The molecule has 13 nitrogen and oxygen atoms in total. The summed E-state index contributed by atoms with van der Waals surface area (Å²) in [6.45, 7) is 12.4. The van der Waals surface area contributed by atoms with Gasteiger partial charge in [-0.1, -0.05) is 73.1 Å². The lowest BCUT2D eigenvalue weighted by molar-refractivity contribution is -0.144. The fraction of sp³-hybridized carbons (Fsp3) is 0.824. The minimum absolute atomic E-state index is 0.0519. The minimum Gasteiger partial charge on any atom is -0.447 e. The Morgan fingerprint density at radius 3 is 2.15 bits per heavy atom. The van der Waals surface area contributed by atoms with Crippen LogP contribution in [0.5, 0.6) is 0 Å². The first-order valence-corrected chi connectivity index (χ1v) is 17.5. The van der Waals surface area contributed by atoms with Crippen LogP contribution in [-0.2, 0) is 23.9 Å². The summed E-state index contributed by atoms with van der Waals surface area (Å²) < 4.78 is 5.33. The number of rotatable bonds is 13. The molecule has 0 aromatic rings. The van der Waals surface area contributed by atoms with E-state index in [0.717, 1.165) is 51.4 Å². The van der Waals surface area contributed by atoms with E-state index in [1.807, 2.05) is 20.8 Å². The normalized spacial score (nSPS) is 25.7. The summed E-state index contributed by atoms with van der Waals surface area (Å²) in [5, 5.41) is 11.3. The van der Waals surface area contributed by atoms with Crippen molar-refractivity contribution in [2.24, 2.45) is 40.2 Å². The molecule has 0 spiro atoms. The molecule has 0 radical (unpaired) electrons. The van der Waals surface area contributed by atoms with Crippen LogP contribution in [-0.4, -0.2) is 84.4 Å². The van der Waals surface area contributed by atoms with Gasteiger partial charge in [0.15, 0.2) is 0 Å². The van der Waals surface area contributed by atoms with Crippen LogP contribution in [0.4, 0.5) is 9.59 Å². The molecule has 0 aromatic heterocycles. The van der Waals surface area contributed by atoms with Gasteiger partial charge in [0.1, 0.15) is 18.7 Å². The second-order valence-electron chi connectivity index (χ2n) is 15.8. The zero-order chi connectivity index (χ0) is 34.7. The molecule has 6 atom stereocenters. The Morgan fingerprint density at radius 2 is 1.60 bits per heavy atom. The lowest BCUT2D eigenvalue weighted by Gasteiger charge is -2.38. The number of hydrogen-bond donors (Lipinski definition) is 5. The number of fused-ring (bicyclic) bond motifs is 1. The van der Waals surface area contributed by atoms with Crippen LogP contribution >= 0.6 is 0 Å². The first-order valence-electron chi connectivity index (χ1n) is 17.5. The highest BCUT2D eigenvalue weighted by Gasteiger charge is 2.69. The molecule has 3 aliphatic carbocycles. The summed E-state index contributed by atoms with van der Waals surface area (Å²) >= 11 is 0. The van der Waals surface area contributed by atoms with Crippen molar-refractivity contribution in [3.8, 4) is 0 Å². The molecule has 1 unspecified atom stereocenters. The third-order valence-corrected chi connectivity index (χ3v) is 11.2. The summed E-state index contributed by atoms with van der Waals surface area (Å²) in [5.74, 6) is -2.59. The van der Waals surface area contributed by atoms with Crippen molar-refractivity contribution in [3.05, 3.63) is 0 Å². The molecule has 6 amide bonds. The van der Waals surface area contributed by atoms with E-state index in [1.165, 1.54) is 0 Å². The van der Waals surface area contributed by atoms with Gasteiger partial charge in [0.25, 0.3) is 5.91 Å². The number of urea groups is 1. The Kier molecular flexibility index (Phi) is 11.5. The van der Waals surface area contributed by atoms with Crippen molar-refractivity contribution in [3.63, 3.8) is 0 Å². The Balaban J connectivity index is 1.53. The minimum atomic E-state index is -1.09. The van der Waals surface area contributed by atoms with Crippen LogP contribution in [0.25, 0.3) is 0 Å². The average Bonchev–Trinajstić information content (AvgIpc) is 3.29. The number of primary amides is 1. The predicted octanol–water partition coefficient (Wildman–Crippen LogP) is 2.61. The van der Waals surface area contributed by atoms with Crippen LogP contribution in [0.3, 0.4) is 0 Å². The number of nitrogens with two attached hydrogens (primary N) is 1. The molecule has 6 N–H and O–H groups in total. The first-order chi connectivity index (χ1) is 22.1. The van der Waals surface area contributed by atoms with E-state index >= 15 is 0 Å². The van der Waals surface area contributed by atoms with E-state index in [4.69, 9.17) is 10.5 Å². The summed E-state index contributed by atoms with van der Waals surface area (Å²) in [4.78, 5) is 80.2. The Bertz CT molecular complexity index is 1210. The Hall–Kier alpha value is -3.38. The number of nitrogens with one attached hydrogen (secondary N) is 4. The van der Waals surface area contributed by atoms with Crippen molar-refractivity contribution >= 4 is 35.6 Å². The zero-order valence-corrected chi connectivity index (χ0v) is 29.0. The second kappa shape index (κ2) is 14.8. The molecule has 1 heterocycles. The van der Waals surface area contributed by atoms with Crippen molar-refractivity contribution in [2.45, 2.75) is 123 Å². The number of Topliss-reactive ketones (excluding diaryl/α,β-unsaturated/α-hetero) is 1. The second-order valence-corrected chi connectivity index (χ2v) is 15.8. The van der Waals surface area contributed by atoms with Crippen LogP contribution < -0.4 is 27.0 Å². The van der Waals surface area contributed by atoms with Gasteiger partial charge < -0.3 is 36.6 Å². The third-order valence-electron chi connectivity index (χ3n) is 11.2. The van der Waals surface area contributed by atoms with Gasteiger partial charge in [-0.25, -0.2) is 9.59 Å². The van der Waals surface area contributed by atoms with Crippen LogP contribution in [0.2, 0.25) is 0 Å². The molecular weight excluding hydrogens is 604 g/mol. The largest absolute Gasteiger partial charge is 0.447 e. The first kappa shape index (κ1) is 36.5. The molecule has 1 aliphatic heterocycles. The number of piperidine rings is 1. The third kappa shape index (κ3) is 8.56. The SMILES string of the molecule is CCNC(=O)OC[C@@H](NC(=O)N[C@H](C(=O)N1C[C@H]2[C@@H]([C@H]1C(=O)NC(CC1CCC1)C(=O)C(N)=O)C2(C)C)C1CCCCC1)C(C)(C)C. The number of amides is 6. The lowest BCUT2D eigenvalue weighted by atomic mass is 9.80. The number of likely N-dealkylation sites (tertiary alicyclic amines) is 1. The fourth-order valence-electron chi connectivity index (χ4n) is 7.77. The average molecular weight is 661 g/mol. The summed E-state index contributed by atoms with van der Waals surface area (Å²) in [6, 6.07) is -3.82. The topological polar surface area (TPSA) is 189 Å².